The van der Waals surface area contributed by atoms with E-state index in [2.05, 4.69) is 10.6 Å². The van der Waals surface area contributed by atoms with Gasteiger partial charge in [-0.15, -0.1) is 0 Å². The largest absolute Gasteiger partial charge is 0.506 e. The lowest BCUT2D eigenvalue weighted by atomic mass is 10.1. The Kier molecular flexibility index (Phi) is 4.39. The van der Waals surface area contributed by atoms with Crippen molar-refractivity contribution in [2.24, 2.45) is 0 Å². The number of carbonyl (C=O) groups is 1. The Labute approximate surface area is 112 Å². The predicted molar refractivity (Wildman–Crippen MR) is 75.3 cm³/mol. The summed E-state index contributed by atoms with van der Waals surface area (Å²) < 4.78 is 0. The number of phenolic OH excluding ortho intramolecular Hbond substituents is 1. The van der Waals surface area contributed by atoms with Crippen LogP contribution < -0.4 is 10.6 Å². The monoisotopic (exact) mass is 256 g/mol. The van der Waals surface area contributed by atoms with Gasteiger partial charge in [0.05, 0.1) is 5.69 Å². The Balaban J connectivity index is 1.78. The van der Waals surface area contributed by atoms with Crippen LogP contribution in [0.15, 0.2) is 54.6 Å². The lowest BCUT2D eigenvalue weighted by Gasteiger charge is -2.08. The highest BCUT2D eigenvalue weighted by Crippen LogP contribution is 2.20. The molecule has 0 bridgehead atoms. The average molecular weight is 256 g/mol. The van der Waals surface area contributed by atoms with Gasteiger partial charge in [-0.2, -0.15) is 0 Å². The summed E-state index contributed by atoms with van der Waals surface area (Å²) in [6, 6.07) is 16.2. The number of benzene rings is 2. The predicted octanol–water partition coefficient (Wildman–Crippen LogP) is 2.76. The molecule has 19 heavy (non-hydrogen) atoms. The third-order valence-electron chi connectivity index (χ3n) is 2.69. The fourth-order valence-corrected chi connectivity index (χ4v) is 1.71. The van der Waals surface area contributed by atoms with Gasteiger partial charge >= 0.3 is 6.03 Å². The fourth-order valence-electron chi connectivity index (χ4n) is 1.71. The van der Waals surface area contributed by atoms with Crippen LogP contribution in [0.2, 0.25) is 0 Å². The smallest absolute Gasteiger partial charge is 0.319 e. The molecule has 98 valence electrons. The summed E-state index contributed by atoms with van der Waals surface area (Å²) in [5.74, 6) is 0.0562. The van der Waals surface area contributed by atoms with Crippen LogP contribution in [-0.2, 0) is 6.42 Å². The first kappa shape index (κ1) is 13.0. The molecule has 4 nitrogen and oxygen atoms in total. The van der Waals surface area contributed by atoms with Crippen LogP contribution in [-0.4, -0.2) is 17.7 Å². The minimum absolute atomic E-state index is 0.0562. The molecule has 2 amide bonds. The number of anilines is 1. The number of carbonyl (C=O) groups excluding carboxylic acids is 1. The van der Waals surface area contributed by atoms with Gasteiger partial charge in [0.25, 0.3) is 0 Å². The molecule has 2 aromatic carbocycles. The van der Waals surface area contributed by atoms with Crippen molar-refractivity contribution in [2.75, 3.05) is 11.9 Å². The Morgan fingerprint density at radius 1 is 1.00 bits per heavy atom. The molecule has 4 heteroatoms. The molecule has 0 heterocycles. The molecular formula is C15H16N2O2. The van der Waals surface area contributed by atoms with Gasteiger partial charge in [-0.25, -0.2) is 4.79 Å². The first-order valence-electron chi connectivity index (χ1n) is 6.12. The number of urea groups is 1. The van der Waals surface area contributed by atoms with Crippen LogP contribution in [0.5, 0.6) is 5.75 Å². The van der Waals surface area contributed by atoms with E-state index in [1.54, 1.807) is 18.2 Å². The van der Waals surface area contributed by atoms with Gasteiger partial charge in [0.1, 0.15) is 5.75 Å². The lowest BCUT2D eigenvalue weighted by Crippen LogP contribution is -2.30. The molecule has 0 saturated heterocycles. The van der Waals surface area contributed by atoms with Crippen molar-refractivity contribution in [3.63, 3.8) is 0 Å². The lowest BCUT2D eigenvalue weighted by molar-refractivity contribution is 0.252. The molecule has 0 aromatic heterocycles. The van der Waals surface area contributed by atoms with Gasteiger partial charge < -0.3 is 15.7 Å². The van der Waals surface area contributed by atoms with E-state index in [9.17, 15) is 9.90 Å². The van der Waals surface area contributed by atoms with Crippen molar-refractivity contribution in [1.82, 2.24) is 5.32 Å². The Morgan fingerprint density at radius 2 is 1.68 bits per heavy atom. The number of hydrogen-bond donors (Lipinski definition) is 3. The third kappa shape index (κ3) is 4.03. The van der Waals surface area contributed by atoms with E-state index in [0.29, 0.717) is 12.2 Å². The quantitative estimate of drug-likeness (QED) is 0.737. The van der Waals surface area contributed by atoms with E-state index in [-0.39, 0.29) is 11.8 Å². The summed E-state index contributed by atoms with van der Waals surface area (Å²) in [5.41, 5.74) is 1.57. The molecule has 0 saturated carbocycles. The van der Waals surface area contributed by atoms with Crippen molar-refractivity contribution >= 4 is 11.7 Å². The number of phenols is 1. The van der Waals surface area contributed by atoms with Crippen LogP contribution in [0.3, 0.4) is 0 Å². The van der Waals surface area contributed by atoms with Crippen LogP contribution in [0.25, 0.3) is 0 Å². The summed E-state index contributed by atoms with van der Waals surface area (Å²) in [4.78, 5) is 11.6. The molecule has 0 atom stereocenters. The number of nitrogens with one attached hydrogen (secondary N) is 2. The zero-order chi connectivity index (χ0) is 13.5. The van der Waals surface area contributed by atoms with Gasteiger partial charge in [-0.05, 0) is 24.1 Å². The van der Waals surface area contributed by atoms with Gasteiger partial charge in [0.2, 0.25) is 0 Å². The Hall–Kier alpha value is -2.49. The normalized spacial score (nSPS) is 9.89. The maximum absolute atomic E-state index is 11.6. The van der Waals surface area contributed by atoms with Crippen LogP contribution in [0.4, 0.5) is 10.5 Å². The van der Waals surface area contributed by atoms with Gasteiger partial charge in [0, 0.05) is 6.54 Å². The molecule has 2 aromatic rings. The summed E-state index contributed by atoms with van der Waals surface area (Å²) in [7, 11) is 0. The minimum Gasteiger partial charge on any atom is -0.506 e. The average Bonchev–Trinajstić information content (AvgIpc) is 2.43. The first-order chi connectivity index (χ1) is 9.25. The molecule has 0 radical (unpaired) electrons. The second kappa shape index (κ2) is 6.44. The van der Waals surface area contributed by atoms with Gasteiger partial charge in [-0.1, -0.05) is 42.5 Å². The maximum Gasteiger partial charge on any atom is 0.319 e. The van der Waals surface area contributed by atoms with Crippen molar-refractivity contribution < 1.29 is 9.90 Å². The molecule has 0 aliphatic rings. The summed E-state index contributed by atoms with van der Waals surface area (Å²) in [5, 5.41) is 14.9. The highest BCUT2D eigenvalue weighted by Gasteiger charge is 2.04. The number of rotatable bonds is 4. The number of para-hydroxylation sites is 2. The van der Waals surface area contributed by atoms with Gasteiger partial charge in [0.15, 0.2) is 0 Å². The number of aromatic hydroxyl groups is 1. The van der Waals surface area contributed by atoms with Gasteiger partial charge in [-0.3, -0.25) is 0 Å². The second-order valence-electron chi connectivity index (χ2n) is 4.13. The molecular weight excluding hydrogens is 240 g/mol. The fraction of sp³-hybridized carbons (Fsp3) is 0.133. The summed E-state index contributed by atoms with van der Waals surface area (Å²) >= 11 is 0. The summed E-state index contributed by atoms with van der Waals surface area (Å²) in [6.07, 6.45) is 0.773. The van der Waals surface area contributed by atoms with Crippen LogP contribution in [0, 0.1) is 0 Å². The Morgan fingerprint density at radius 3 is 2.42 bits per heavy atom. The molecule has 3 N–H and O–H groups in total. The molecule has 0 fully saturated rings. The zero-order valence-corrected chi connectivity index (χ0v) is 10.5. The maximum atomic E-state index is 11.6. The van der Waals surface area contributed by atoms with E-state index in [1.165, 1.54) is 11.6 Å². The summed E-state index contributed by atoms with van der Waals surface area (Å²) in [6.45, 7) is 0.545. The van der Waals surface area contributed by atoms with Crippen molar-refractivity contribution in [3.05, 3.63) is 60.2 Å². The van der Waals surface area contributed by atoms with E-state index >= 15 is 0 Å². The first-order valence-corrected chi connectivity index (χ1v) is 6.12. The highest BCUT2D eigenvalue weighted by atomic mass is 16.3. The highest BCUT2D eigenvalue weighted by molar-refractivity contribution is 5.90. The number of hydrogen-bond acceptors (Lipinski definition) is 2. The SMILES string of the molecule is O=C(NCCc1ccccc1)Nc1ccccc1O. The van der Waals surface area contributed by atoms with Crippen LogP contribution >= 0.6 is 0 Å². The molecule has 0 unspecified atom stereocenters. The van der Waals surface area contributed by atoms with Crippen molar-refractivity contribution in [3.8, 4) is 5.75 Å². The van der Waals surface area contributed by atoms with E-state index in [0.717, 1.165) is 6.42 Å². The van der Waals surface area contributed by atoms with Crippen molar-refractivity contribution in [1.29, 1.82) is 0 Å². The third-order valence-corrected chi connectivity index (χ3v) is 2.69. The molecule has 2 rings (SSSR count). The topological polar surface area (TPSA) is 61.4 Å². The van der Waals surface area contributed by atoms with E-state index in [1.807, 2.05) is 30.3 Å². The minimum atomic E-state index is -0.322. The zero-order valence-electron chi connectivity index (χ0n) is 10.5. The second-order valence-corrected chi connectivity index (χ2v) is 4.13. The van der Waals surface area contributed by atoms with Crippen LogP contribution in [0.1, 0.15) is 5.56 Å². The van der Waals surface area contributed by atoms with Crippen molar-refractivity contribution in [2.45, 2.75) is 6.42 Å². The molecule has 0 aliphatic carbocycles. The standard InChI is InChI=1S/C15H16N2O2/c18-14-9-5-4-8-13(14)17-15(19)16-11-10-12-6-2-1-3-7-12/h1-9,18H,10-11H2,(H2,16,17,19). The van der Waals surface area contributed by atoms with E-state index in [4.69, 9.17) is 0 Å². The number of amides is 2. The molecule has 0 aliphatic heterocycles. The molecule has 0 spiro atoms. The van der Waals surface area contributed by atoms with E-state index < -0.39 is 0 Å². The Bertz CT molecular complexity index is 541.